The Labute approximate surface area is 478 Å². The van der Waals surface area contributed by atoms with E-state index in [1.54, 1.807) is 41.5 Å². The first-order valence-electron chi connectivity index (χ1n) is 27.3. The number of carbonyl (C=O) groups is 13. The van der Waals surface area contributed by atoms with Crippen molar-refractivity contribution in [2.45, 2.75) is 177 Å². The van der Waals surface area contributed by atoms with Crippen molar-refractivity contribution in [3.8, 4) is 0 Å². The van der Waals surface area contributed by atoms with Gasteiger partial charge in [-0.2, -0.15) is 0 Å². The highest BCUT2D eigenvalue weighted by molar-refractivity contribution is 6.05. The molecule has 462 valence electrons. The minimum atomic E-state index is -1.93. The number of nitrogens with zero attached hydrogens (tertiary/aromatic N) is 6. The second-order valence-electron chi connectivity index (χ2n) is 22.4. The maximum atomic E-state index is 15.1. The van der Waals surface area contributed by atoms with Crippen LogP contribution in [0.2, 0.25) is 0 Å². The van der Waals surface area contributed by atoms with E-state index < -0.39 is 156 Å². The number of aliphatic hydroxyl groups is 1. The number of imide groups is 3. The zero-order chi connectivity index (χ0) is 63.3. The second-order valence-corrected chi connectivity index (χ2v) is 22.4. The van der Waals surface area contributed by atoms with Gasteiger partial charge in [-0.1, -0.05) is 55.4 Å². The lowest BCUT2D eigenvalue weighted by Crippen LogP contribution is -2.62. The van der Waals surface area contributed by atoms with Gasteiger partial charge in [-0.3, -0.25) is 63.1 Å². The Morgan fingerprint density at radius 1 is 0.519 bits per heavy atom. The monoisotopic (exact) mass is 1150 g/mol. The van der Waals surface area contributed by atoms with Crippen molar-refractivity contribution >= 4 is 77.3 Å². The topological polar surface area (TPSA) is 340 Å². The number of nitrogens with one attached hydrogen (secondary N) is 5. The molecule has 81 heavy (non-hydrogen) atoms. The highest BCUT2D eigenvalue weighted by atomic mass is 16.6. The second kappa shape index (κ2) is 33.7. The maximum absolute atomic E-state index is 15.1. The molecular formula is C54H95N11O16. The highest BCUT2D eigenvalue weighted by Crippen LogP contribution is 2.24. The Balaban J connectivity index is 7.39. The van der Waals surface area contributed by atoms with E-state index in [0.29, 0.717) is 16.2 Å². The van der Waals surface area contributed by atoms with E-state index in [2.05, 4.69) is 21.3 Å². The Morgan fingerprint density at radius 2 is 1.00 bits per heavy atom. The van der Waals surface area contributed by atoms with Gasteiger partial charge in [0, 0.05) is 68.6 Å². The molecule has 0 rings (SSSR count). The molecule has 0 spiro atoms. The van der Waals surface area contributed by atoms with Crippen molar-refractivity contribution in [3.05, 3.63) is 0 Å². The number of amides is 14. The van der Waals surface area contributed by atoms with E-state index in [1.165, 1.54) is 69.7 Å². The minimum absolute atomic E-state index is 0.0630. The molecule has 0 radical (unpaired) electrons. The van der Waals surface area contributed by atoms with Crippen molar-refractivity contribution in [2.75, 3.05) is 62.5 Å². The molecule has 0 saturated heterocycles. The maximum Gasteiger partial charge on any atom is 0.331 e. The fourth-order valence-electron chi connectivity index (χ4n) is 8.35. The zero-order valence-electron chi connectivity index (χ0n) is 51.6. The molecular weight excluding hydrogens is 1060 g/mol. The van der Waals surface area contributed by atoms with Gasteiger partial charge in [-0.25, -0.2) is 14.4 Å². The lowest BCUT2D eigenvalue weighted by atomic mass is 9.93. The van der Waals surface area contributed by atoms with E-state index in [0.717, 1.165) is 40.7 Å². The van der Waals surface area contributed by atoms with Crippen molar-refractivity contribution in [1.82, 2.24) is 56.0 Å². The first-order valence-corrected chi connectivity index (χ1v) is 27.3. The molecule has 27 heteroatoms. The minimum Gasteiger partial charge on any atom is -0.465 e. The quantitative estimate of drug-likeness (QED) is 0.0456. The molecule has 0 aliphatic carbocycles. The van der Waals surface area contributed by atoms with Crippen LogP contribution in [0.1, 0.15) is 129 Å². The van der Waals surface area contributed by atoms with Crippen LogP contribution in [0.5, 0.6) is 0 Å². The van der Waals surface area contributed by atoms with Crippen LogP contribution in [0.15, 0.2) is 0 Å². The average molecular weight is 1150 g/mol. The van der Waals surface area contributed by atoms with Gasteiger partial charge in [-0.15, -0.1) is 0 Å². The third-order valence-corrected chi connectivity index (χ3v) is 13.3. The molecule has 0 aliphatic rings. The molecule has 0 aromatic carbocycles. The van der Waals surface area contributed by atoms with E-state index >= 15 is 4.79 Å². The molecule has 6 N–H and O–H groups in total. The molecule has 0 saturated carbocycles. The number of carbonyl (C=O) groups excluding carboxylic acids is 13. The SMILES string of the molecule is CCOC(=O)C(C[C@H](C(=O)N(C)[C@@H](CC(C)(C)O)C(=O)N[C@H](C(=O)N(C)[C@@H](CC(C)C)C(=O)N[C@H](C)C(=O)N[C@H](C)C(=O)NC)C(C)C)N(C)C(=O)NC(=O)N(C)C(=O)[C@H](C(C)C)N(C)C(=O)N(C)C(=O)CCC(C)C)C(=O)OCC. The lowest BCUT2D eigenvalue weighted by Gasteiger charge is -2.38. The van der Waals surface area contributed by atoms with Gasteiger partial charge in [0.2, 0.25) is 41.4 Å². The molecule has 0 unspecified atom stereocenters. The summed E-state index contributed by atoms with van der Waals surface area (Å²) in [7, 11) is 8.46. The fraction of sp³-hybridized carbons (Fsp3) is 0.759. The van der Waals surface area contributed by atoms with E-state index in [1.807, 2.05) is 19.2 Å². The van der Waals surface area contributed by atoms with Crippen LogP contribution in [0.4, 0.5) is 14.4 Å². The summed E-state index contributed by atoms with van der Waals surface area (Å²) in [6.45, 7) is 21.8. The summed E-state index contributed by atoms with van der Waals surface area (Å²) in [6, 6.07) is -13.2. The Kier molecular flexibility index (Phi) is 30.8. The lowest BCUT2D eigenvalue weighted by molar-refractivity contribution is -0.163. The number of hydrogen-bond donors (Lipinski definition) is 6. The third kappa shape index (κ3) is 22.9. The summed E-state index contributed by atoms with van der Waals surface area (Å²) in [4.78, 5) is 183. The molecule has 0 aromatic rings. The molecule has 0 heterocycles. The molecule has 14 amide bonds. The molecule has 0 fully saturated rings. The number of rotatable bonds is 29. The predicted molar refractivity (Wildman–Crippen MR) is 298 cm³/mol. The third-order valence-electron chi connectivity index (χ3n) is 13.3. The number of ether oxygens (including phenoxy) is 2. The first kappa shape index (κ1) is 74.1. The van der Waals surface area contributed by atoms with Gasteiger partial charge in [0.25, 0.3) is 5.91 Å². The number of likely N-dealkylation sites (N-methyl/N-ethyl adjacent to an activating group) is 6. The number of urea groups is 3. The number of esters is 2. The van der Waals surface area contributed by atoms with Crippen LogP contribution in [0.3, 0.4) is 0 Å². The Hall–Kier alpha value is -6.93. The van der Waals surface area contributed by atoms with Crippen LogP contribution in [0, 0.1) is 29.6 Å². The predicted octanol–water partition coefficient (Wildman–Crippen LogP) is 1.44. The van der Waals surface area contributed by atoms with Crippen LogP contribution >= 0.6 is 0 Å². The summed E-state index contributed by atoms with van der Waals surface area (Å²) in [5.74, 6) is -11.7. The van der Waals surface area contributed by atoms with Gasteiger partial charge < -0.3 is 55.4 Å². The average Bonchev–Trinajstić information content (AvgIpc) is 3.37. The molecule has 0 aromatic heterocycles. The van der Waals surface area contributed by atoms with E-state index in [9.17, 15) is 62.6 Å². The van der Waals surface area contributed by atoms with Gasteiger partial charge in [0.05, 0.1) is 18.8 Å². The van der Waals surface area contributed by atoms with Gasteiger partial charge >= 0.3 is 30.0 Å². The summed E-state index contributed by atoms with van der Waals surface area (Å²) in [5.41, 5.74) is -1.72. The van der Waals surface area contributed by atoms with E-state index in [4.69, 9.17) is 9.47 Å². The van der Waals surface area contributed by atoms with Crippen LogP contribution in [-0.2, 0) is 57.4 Å². The van der Waals surface area contributed by atoms with Gasteiger partial charge in [0.1, 0.15) is 42.3 Å². The Bertz CT molecular complexity index is 2220. The zero-order valence-corrected chi connectivity index (χ0v) is 51.6. The summed E-state index contributed by atoms with van der Waals surface area (Å²) >= 11 is 0. The normalized spacial score (nSPS) is 14.0. The summed E-state index contributed by atoms with van der Waals surface area (Å²) in [6.07, 6.45) is -0.712. The van der Waals surface area contributed by atoms with Crippen molar-refractivity contribution in [3.63, 3.8) is 0 Å². The van der Waals surface area contributed by atoms with Crippen LogP contribution in [-0.4, -0.2) is 222 Å². The van der Waals surface area contributed by atoms with E-state index in [-0.39, 0.29) is 37.9 Å². The Morgan fingerprint density at radius 3 is 1.44 bits per heavy atom. The molecule has 0 bridgehead atoms. The smallest absolute Gasteiger partial charge is 0.331 e. The number of hydrogen-bond acceptors (Lipinski definition) is 16. The molecule has 0 aliphatic heterocycles. The van der Waals surface area contributed by atoms with Crippen LogP contribution in [0.25, 0.3) is 0 Å². The molecule has 27 nitrogen and oxygen atoms in total. The largest absolute Gasteiger partial charge is 0.465 e. The fourth-order valence-corrected chi connectivity index (χ4v) is 8.35. The summed E-state index contributed by atoms with van der Waals surface area (Å²) in [5, 5.41) is 23.4. The van der Waals surface area contributed by atoms with Crippen molar-refractivity contribution in [1.29, 1.82) is 0 Å². The van der Waals surface area contributed by atoms with Crippen molar-refractivity contribution in [2.24, 2.45) is 29.6 Å². The summed E-state index contributed by atoms with van der Waals surface area (Å²) < 4.78 is 10.3. The highest BCUT2D eigenvalue weighted by Gasteiger charge is 2.45. The van der Waals surface area contributed by atoms with Crippen LogP contribution < -0.4 is 26.6 Å². The van der Waals surface area contributed by atoms with Gasteiger partial charge in [0.15, 0.2) is 5.92 Å². The molecule has 7 atom stereocenters. The van der Waals surface area contributed by atoms with Crippen molar-refractivity contribution < 1.29 is 76.9 Å². The van der Waals surface area contributed by atoms with Gasteiger partial charge in [-0.05, 0) is 78.1 Å². The standard InChI is InChI=1S/C54H95N11O16/c1-22-80-49(74)35(50(75)81-23-2)27-37(62(18)51(76)59-52(77)65(21)48(73)41(32(9)10)64(20)53(78)63(19)39(66)25-24-29(3)4)46(71)61(17)38(28-54(13,14)79)45(70)58-40(31(7)8)47(72)60(16)36(26-30(5)6)44(69)57-34(12)43(68)56-33(11)42(67)55-15/h29-38,40-41,79H,22-28H2,1-21H3,(H,55,67)(H,56,68)(H,57,69)(H,58,70)(H,59,76,77)/t33-,34-,36+,37-,38+,40+,41+/m1/s1. The first-order chi connectivity index (χ1) is 37.2.